The SMILES string of the molecule is CNC(C)C1=C(Nc2ccccc2)NC(=O)C(NC(=O)c2cncc(C)c2)C1c1ccc(F)cc1. The first kappa shape index (κ1) is 24.1. The van der Waals surface area contributed by atoms with Crippen LogP contribution in [0.5, 0.6) is 0 Å². The number of hydrogen-bond donors (Lipinski definition) is 4. The van der Waals surface area contributed by atoms with E-state index in [2.05, 4.69) is 26.3 Å². The van der Waals surface area contributed by atoms with Gasteiger partial charge in [-0.1, -0.05) is 30.3 Å². The molecule has 1 aromatic heterocycles. The molecule has 3 unspecified atom stereocenters. The van der Waals surface area contributed by atoms with Crippen LogP contribution < -0.4 is 21.3 Å². The highest BCUT2D eigenvalue weighted by atomic mass is 19.1. The maximum Gasteiger partial charge on any atom is 0.253 e. The molecule has 4 N–H and O–H groups in total. The van der Waals surface area contributed by atoms with Crippen LogP contribution >= 0.6 is 0 Å². The number of aromatic nitrogens is 1. The Labute approximate surface area is 203 Å². The van der Waals surface area contributed by atoms with Gasteiger partial charge in [-0.25, -0.2) is 4.39 Å². The molecule has 180 valence electrons. The standard InChI is InChI=1S/C27H28FN5O2/c1-16-13-19(15-30-14-16)26(34)32-24-23(18-9-11-20(28)12-10-18)22(17(2)29-3)25(33-27(24)35)31-21-7-5-4-6-8-21/h4-15,17,23-24,29,31H,1-3H3,(H,32,34)(H,33,35). The number of rotatable bonds is 7. The highest BCUT2D eigenvalue weighted by molar-refractivity contribution is 5.99. The van der Waals surface area contributed by atoms with Gasteiger partial charge < -0.3 is 21.3 Å². The lowest BCUT2D eigenvalue weighted by Crippen LogP contribution is -2.56. The summed E-state index contributed by atoms with van der Waals surface area (Å²) in [6.45, 7) is 3.81. The Balaban J connectivity index is 1.80. The largest absolute Gasteiger partial charge is 0.342 e. The predicted octanol–water partition coefficient (Wildman–Crippen LogP) is 3.47. The van der Waals surface area contributed by atoms with Gasteiger partial charge in [0.05, 0.1) is 5.56 Å². The van der Waals surface area contributed by atoms with E-state index in [0.29, 0.717) is 16.9 Å². The van der Waals surface area contributed by atoms with Crippen molar-refractivity contribution >= 4 is 17.5 Å². The Hall–Kier alpha value is -4.04. The summed E-state index contributed by atoms with van der Waals surface area (Å²) in [5, 5.41) is 12.4. The molecule has 1 aliphatic heterocycles. The molecule has 0 fully saturated rings. The molecule has 2 heterocycles. The van der Waals surface area contributed by atoms with E-state index in [-0.39, 0.29) is 17.8 Å². The highest BCUT2D eigenvalue weighted by Crippen LogP contribution is 2.36. The van der Waals surface area contributed by atoms with Crippen molar-refractivity contribution in [2.75, 3.05) is 12.4 Å². The third-order valence-electron chi connectivity index (χ3n) is 6.08. The van der Waals surface area contributed by atoms with E-state index < -0.39 is 17.9 Å². The molecule has 35 heavy (non-hydrogen) atoms. The minimum Gasteiger partial charge on any atom is -0.342 e. The smallest absolute Gasteiger partial charge is 0.253 e. The normalized spacial score (nSPS) is 18.6. The van der Waals surface area contributed by atoms with Gasteiger partial charge in [0.2, 0.25) is 5.91 Å². The van der Waals surface area contributed by atoms with Crippen molar-refractivity contribution in [1.82, 2.24) is 20.9 Å². The third kappa shape index (κ3) is 5.38. The lowest BCUT2D eigenvalue weighted by Gasteiger charge is -2.38. The number of para-hydroxylation sites is 1. The van der Waals surface area contributed by atoms with Crippen molar-refractivity contribution in [3.05, 3.63) is 107 Å². The van der Waals surface area contributed by atoms with Crippen molar-refractivity contribution in [3.63, 3.8) is 0 Å². The van der Waals surface area contributed by atoms with Crippen LogP contribution in [0.15, 0.2) is 84.5 Å². The molecule has 0 saturated carbocycles. The van der Waals surface area contributed by atoms with Crippen molar-refractivity contribution in [2.45, 2.75) is 31.8 Å². The highest BCUT2D eigenvalue weighted by Gasteiger charge is 2.41. The lowest BCUT2D eigenvalue weighted by atomic mass is 9.79. The number of benzene rings is 2. The number of amides is 2. The van der Waals surface area contributed by atoms with Crippen LogP contribution in [0.3, 0.4) is 0 Å². The molecular weight excluding hydrogens is 445 g/mol. The van der Waals surface area contributed by atoms with Gasteiger partial charge in [0, 0.05) is 30.0 Å². The second-order valence-corrected chi connectivity index (χ2v) is 8.55. The molecule has 2 aromatic carbocycles. The topological polar surface area (TPSA) is 95.1 Å². The summed E-state index contributed by atoms with van der Waals surface area (Å²) in [6.07, 6.45) is 3.12. The summed E-state index contributed by atoms with van der Waals surface area (Å²) in [4.78, 5) is 30.6. The zero-order valence-electron chi connectivity index (χ0n) is 19.8. The molecule has 0 radical (unpaired) electrons. The fourth-order valence-corrected chi connectivity index (χ4v) is 4.26. The number of carbonyl (C=O) groups excluding carboxylic acids is 2. The van der Waals surface area contributed by atoms with Crippen molar-refractivity contribution in [3.8, 4) is 0 Å². The molecule has 0 spiro atoms. The lowest BCUT2D eigenvalue weighted by molar-refractivity contribution is -0.123. The maximum absolute atomic E-state index is 13.8. The minimum atomic E-state index is -0.930. The maximum atomic E-state index is 13.8. The van der Waals surface area contributed by atoms with E-state index >= 15 is 0 Å². The van der Waals surface area contributed by atoms with Gasteiger partial charge in [0.15, 0.2) is 0 Å². The van der Waals surface area contributed by atoms with Crippen molar-refractivity contribution in [1.29, 1.82) is 0 Å². The summed E-state index contributed by atoms with van der Waals surface area (Å²) in [5.41, 5.74) is 3.53. The molecule has 7 nitrogen and oxygen atoms in total. The number of nitrogens with zero attached hydrogens (tertiary/aromatic N) is 1. The summed E-state index contributed by atoms with van der Waals surface area (Å²) in [7, 11) is 1.82. The quantitative estimate of drug-likeness (QED) is 0.422. The van der Waals surface area contributed by atoms with Crippen LogP contribution in [0.25, 0.3) is 0 Å². The molecule has 0 bridgehead atoms. The molecule has 4 rings (SSSR count). The number of likely N-dealkylation sites (N-methyl/N-ethyl adjacent to an activating group) is 1. The third-order valence-corrected chi connectivity index (χ3v) is 6.08. The van der Waals surface area contributed by atoms with E-state index in [0.717, 1.165) is 16.8 Å². The Kier molecular flexibility index (Phi) is 7.22. The Bertz CT molecular complexity index is 1240. The van der Waals surface area contributed by atoms with E-state index in [1.54, 1.807) is 24.4 Å². The first-order chi connectivity index (χ1) is 16.9. The first-order valence-electron chi connectivity index (χ1n) is 11.4. The predicted molar refractivity (Wildman–Crippen MR) is 133 cm³/mol. The zero-order chi connectivity index (χ0) is 24.9. The first-order valence-corrected chi connectivity index (χ1v) is 11.4. The van der Waals surface area contributed by atoms with Gasteiger partial charge in [-0.3, -0.25) is 14.6 Å². The second-order valence-electron chi connectivity index (χ2n) is 8.55. The Morgan fingerprint density at radius 3 is 2.46 bits per heavy atom. The fourth-order valence-electron chi connectivity index (χ4n) is 4.26. The fraction of sp³-hybridized carbons (Fsp3) is 0.222. The average Bonchev–Trinajstić information content (AvgIpc) is 2.86. The number of aryl methyl sites for hydroxylation is 1. The Morgan fingerprint density at radius 2 is 1.80 bits per heavy atom. The van der Waals surface area contributed by atoms with Gasteiger partial charge in [-0.15, -0.1) is 0 Å². The number of carbonyl (C=O) groups is 2. The van der Waals surface area contributed by atoms with Crippen LogP contribution in [0, 0.1) is 12.7 Å². The van der Waals surface area contributed by atoms with Crippen molar-refractivity contribution < 1.29 is 14.0 Å². The van der Waals surface area contributed by atoms with Crippen LogP contribution in [0.2, 0.25) is 0 Å². The molecule has 3 atom stereocenters. The summed E-state index contributed by atoms with van der Waals surface area (Å²) < 4.78 is 13.8. The van der Waals surface area contributed by atoms with Crippen LogP contribution in [0.4, 0.5) is 10.1 Å². The molecule has 2 amide bonds. The summed E-state index contributed by atoms with van der Waals surface area (Å²) >= 11 is 0. The molecular formula is C27H28FN5O2. The number of halogens is 1. The second kappa shape index (κ2) is 10.5. The van der Waals surface area contributed by atoms with Gasteiger partial charge in [0.1, 0.15) is 17.7 Å². The van der Waals surface area contributed by atoms with Gasteiger partial charge >= 0.3 is 0 Å². The van der Waals surface area contributed by atoms with E-state index in [1.165, 1.54) is 18.3 Å². The number of nitrogens with one attached hydrogen (secondary N) is 4. The zero-order valence-corrected chi connectivity index (χ0v) is 19.8. The molecule has 1 aliphatic rings. The van der Waals surface area contributed by atoms with Gasteiger partial charge in [-0.05, 0) is 67.9 Å². The number of hydrogen-bond acceptors (Lipinski definition) is 5. The van der Waals surface area contributed by atoms with Gasteiger partial charge in [-0.2, -0.15) is 0 Å². The van der Waals surface area contributed by atoms with Gasteiger partial charge in [0.25, 0.3) is 5.91 Å². The van der Waals surface area contributed by atoms with Crippen LogP contribution in [-0.4, -0.2) is 35.9 Å². The molecule has 3 aromatic rings. The summed E-state index contributed by atoms with van der Waals surface area (Å²) in [6, 6.07) is 16.1. The van der Waals surface area contributed by atoms with Crippen LogP contribution in [-0.2, 0) is 4.79 Å². The summed E-state index contributed by atoms with van der Waals surface area (Å²) in [5.74, 6) is -1.20. The molecule has 0 saturated heterocycles. The number of pyridine rings is 1. The monoisotopic (exact) mass is 473 g/mol. The van der Waals surface area contributed by atoms with E-state index in [9.17, 15) is 14.0 Å². The number of anilines is 1. The minimum absolute atomic E-state index is 0.183. The molecule has 8 heteroatoms. The van der Waals surface area contributed by atoms with E-state index in [1.807, 2.05) is 51.2 Å². The molecule has 0 aliphatic carbocycles. The van der Waals surface area contributed by atoms with E-state index in [4.69, 9.17) is 0 Å². The average molecular weight is 474 g/mol. The van der Waals surface area contributed by atoms with Crippen LogP contribution in [0.1, 0.15) is 34.3 Å². The van der Waals surface area contributed by atoms with Crippen molar-refractivity contribution in [2.24, 2.45) is 0 Å². The Morgan fingerprint density at radius 1 is 1.09 bits per heavy atom.